The van der Waals surface area contributed by atoms with Crippen LogP contribution in [0, 0.1) is 0 Å². The van der Waals surface area contributed by atoms with Crippen LogP contribution < -0.4 is 20.1 Å². The number of thioether (sulfide) groups is 1. The zero-order valence-corrected chi connectivity index (χ0v) is 19.9. The van der Waals surface area contributed by atoms with Crippen molar-refractivity contribution in [3.05, 3.63) is 42.1 Å². The van der Waals surface area contributed by atoms with E-state index in [4.69, 9.17) is 15.2 Å². The van der Waals surface area contributed by atoms with Crippen molar-refractivity contribution in [3.63, 3.8) is 0 Å². The SMILES string of the molecule is COCCOc1cc2c(c(N(C)S(=O)(=O)c3ccccn3)c1)NC(C1=N[C@H](C(N)=O)CS1)C2. The monoisotopic (exact) mass is 491 g/mol. The van der Waals surface area contributed by atoms with Crippen LogP contribution in [0.2, 0.25) is 0 Å². The van der Waals surface area contributed by atoms with E-state index >= 15 is 0 Å². The molecule has 4 rings (SSSR count). The number of nitrogens with zero attached hydrogens (tertiary/aromatic N) is 3. The Kier molecular flexibility index (Phi) is 6.77. The number of nitrogens with two attached hydrogens (primary N) is 1. The zero-order valence-electron chi connectivity index (χ0n) is 18.2. The molecule has 3 N–H and O–H groups in total. The maximum Gasteiger partial charge on any atom is 0.281 e. The van der Waals surface area contributed by atoms with Gasteiger partial charge in [-0.1, -0.05) is 6.07 Å². The summed E-state index contributed by atoms with van der Waals surface area (Å²) in [5, 5.41) is 4.11. The predicted octanol–water partition coefficient (Wildman–Crippen LogP) is 1.27. The smallest absolute Gasteiger partial charge is 0.281 e. The number of ether oxygens (including phenoxy) is 2. The number of amides is 1. The summed E-state index contributed by atoms with van der Waals surface area (Å²) in [6.07, 6.45) is 2.01. The summed E-state index contributed by atoms with van der Waals surface area (Å²) < 4.78 is 38.6. The third kappa shape index (κ3) is 4.77. The van der Waals surface area contributed by atoms with Crippen LogP contribution in [0.25, 0.3) is 0 Å². The summed E-state index contributed by atoms with van der Waals surface area (Å²) in [6, 6.07) is 7.57. The van der Waals surface area contributed by atoms with Crippen LogP contribution in [0.5, 0.6) is 5.75 Å². The fourth-order valence-corrected chi connectivity index (χ4v) is 5.89. The molecule has 176 valence electrons. The molecule has 1 aromatic carbocycles. The molecule has 3 heterocycles. The third-order valence-corrected chi connectivity index (χ3v) is 8.23. The number of carbonyl (C=O) groups excluding carboxylic acids is 1. The van der Waals surface area contributed by atoms with E-state index in [9.17, 15) is 13.2 Å². The van der Waals surface area contributed by atoms with Crippen LogP contribution in [0.3, 0.4) is 0 Å². The maximum atomic E-state index is 13.3. The van der Waals surface area contributed by atoms with Crippen LogP contribution in [0.15, 0.2) is 46.5 Å². The highest BCUT2D eigenvalue weighted by atomic mass is 32.2. The summed E-state index contributed by atoms with van der Waals surface area (Å²) in [6.45, 7) is 0.725. The lowest BCUT2D eigenvalue weighted by atomic mass is 10.1. The molecule has 0 saturated heterocycles. The van der Waals surface area contributed by atoms with Gasteiger partial charge in [-0.05, 0) is 23.8 Å². The van der Waals surface area contributed by atoms with E-state index in [1.807, 2.05) is 6.07 Å². The zero-order chi connectivity index (χ0) is 23.6. The van der Waals surface area contributed by atoms with Gasteiger partial charge in [0, 0.05) is 38.6 Å². The molecular weight excluding hydrogens is 466 g/mol. The second-order valence-electron chi connectivity index (χ2n) is 7.56. The van der Waals surface area contributed by atoms with Gasteiger partial charge in [-0.25, -0.2) is 4.98 Å². The van der Waals surface area contributed by atoms with Gasteiger partial charge in [0.05, 0.1) is 29.1 Å². The summed E-state index contributed by atoms with van der Waals surface area (Å²) in [7, 11) is -0.840. The van der Waals surface area contributed by atoms with Crippen LogP contribution in [0.1, 0.15) is 5.56 Å². The van der Waals surface area contributed by atoms with Gasteiger partial charge in [0.2, 0.25) is 5.91 Å². The molecule has 33 heavy (non-hydrogen) atoms. The predicted molar refractivity (Wildman–Crippen MR) is 128 cm³/mol. The lowest BCUT2D eigenvalue weighted by Crippen LogP contribution is -2.29. The first-order chi connectivity index (χ1) is 15.8. The molecule has 2 atom stereocenters. The van der Waals surface area contributed by atoms with Crippen molar-refractivity contribution in [3.8, 4) is 5.75 Å². The number of primary amides is 1. The highest BCUT2D eigenvalue weighted by Crippen LogP contribution is 2.42. The fourth-order valence-electron chi connectivity index (χ4n) is 3.65. The summed E-state index contributed by atoms with van der Waals surface area (Å²) in [5.74, 6) is 0.580. The first kappa shape index (κ1) is 23.3. The molecule has 2 aliphatic rings. The second kappa shape index (κ2) is 9.57. The molecule has 0 saturated carbocycles. The van der Waals surface area contributed by atoms with Gasteiger partial charge in [0.15, 0.2) is 5.03 Å². The lowest BCUT2D eigenvalue weighted by Gasteiger charge is -2.23. The Balaban J connectivity index is 1.69. The number of carbonyl (C=O) groups is 1. The fraction of sp³-hybridized carbons (Fsp3) is 0.381. The van der Waals surface area contributed by atoms with Crippen molar-refractivity contribution < 1.29 is 22.7 Å². The minimum absolute atomic E-state index is 0.0541. The van der Waals surface area contributed by atoms with Crippen molar-refractivity contribution in [2.75, 3.05) is 42.7 Å². The molecule has 0 fully saturated rings. The molecule has 10 nitrogen and oxygen atoms in total. The number of benzene rings is 1. The minimum Gasteiger partial charge on any atom is -0.491 e. The number of pyridine rings is 1. The normalized spacial score (nSPS) is 19.5. The van der Waals surface area contributed by atoms with Gasteiger partial charge in [0.25, 0.3) is 10.0 Å². The lowest BCUT2D eigenvalue weighted by molar-refractivity contribution is -0.118. The van der Waals surface area contributed by atoms with Gasteiger partial charge in [-0.3, -0.25) is 14.1 Å². The van der Waals surface area contributed by atoms with Crippen molar-refractivity contribution in [2.24, 2.45) is 10.7 Å². The summed E-state index contributed by atoms with van der Waals surface area (Å²) in [4.78, 5) is 20.0. The average Bonchev–Trinajstić information content (AvgIpc) is 3.46. The Morgan fingerprint density at radius 2 is 2.15 bits per heavy atom. The number of hydrogen-bond donors (Lipinski definition) is 2. The molecule has 2 aromatic rings. The topological polar surface area (TPSA) is 136 Å². The Hall–Kier alpha value is -2.83. The van der Waals surface area contributed by atoms with Gasteiger partial charge < -0.3 is 20.5 Å². The van der Waals surface area contributed by atoms with E-state index in [1.165, 1.54) is 35.4 Å². The average molecular weight is 492 g/mol. The van der Waals surface area contributed by atoms with Gasteiger partial charge >= 0.3 is 0 Å². The highest BCUT2D eigenvalue weighted by Gasteiger charge is 2.35. The maximum absolute atomic E-state index is 13.3. The van der Waals surface area contributed by atoms with E-state index < -0.39 is 22.0 Å². The Morgan fingerprint density at radius 3 is 2.82 bits per heavy atom. The Bertz CT molecular complexity index is 1170. The number of rotatable bonds is 9. The van der Waals surface area contributed by atoms with E-state index in [1.54, 1.807) is 25.3 Å². The van der Waals surface area contributed by atoms with Crippen LogP contribution in [0.4, 0.5) is 11.4 Å². The second-order valence-corrected chi connectivity index (χ2v) is 10.5. The third-order valence-electron chi connectivity index (χ3n) is 5.37. The van der Waals surface area contributed by atoms with Crippen molar-refractivity contribution in [2.45, 2.75) is 23.5 Å². The quantitative estimate of drug-likeness (QED) is 0.501. The van der Waals surface area contributed by atoms with Crippen LogP contribution in [-0.2, 0) is 26.0 Å². The molecule has 2 aliphatic heterocycles. The van der Waals surface area contributed by atoms with Gasteiger partial charge in [0.1, 0.15) is 18.4 Å². The molecule has 0 spiro atoms. The van der Waals surface area contributed by atoms with E-state index in [-0.39, 0.29) is 11.1 Å². The molecule has 0 bridgehead atoms. The highest BCUT2D eigenvalue weighted by molar-refractivity contribution is 8.14. The van der Waals surface area contributed by atoms with E-state index in [0.29, 0.717) is 42.5 Å². The Morgan fingerprint density at radius 1 is 1.33 bits per heavy atom. The van der Waals surface area contributed by atoms with E-state index in [0.717, 1.165) is 10.6 Å². The molecule has 12 heteroatoms. The summed E-state index contributed by atoms with van der Waals surface area (Å²) in [5.41, 5.74) is 7.40. The van der Waals surface area contributed by atoms with Gasteiger partial charge in [-0.15, -0.1) is 11.8 Å². The summed E-state index contributed by atoms with van der Waals surface area (Å²) >= 11 is 1.48. The first-order valence-electron chi connectivity index (χ1n) is 10.3. The van der Waals surface area contributed by atoms with Crippen molar-refractivity contribution in [1.82, 2.24) is 4.98 Å². The van der Waals surface area contributed by atoms with Crippen LogP contribution >= 0.6 is 11.8 Å². The molecule has 1 unspecified atom stereocenters. The first-order valence-corrected chi connectivity index (χ1v) is 12.7. The standard InChI is InChI=1S/C21H25N5O5S2/c1-26(33(28,29)18-5-3-4-6-23-18)17-11-14(31-8-7-30-2)9-13-10-15(24-19(13)17)21-25-16(12-32-21)20(22)27/h3-6,9,11,15-16,24H,7-8,10,12H2,1-2H3,(H2,22,27)/t15?,16-/m0/s1. The number of nitrogens with one attached hydrogen (secondary N) is 1. The van der Waals surface area contributed by atoms with Crippen molar-refractivity contribution >= 4 is 44.1 Å². The van der Waals surface area contributed by atoms with E-state index in [2.05, 4.69) is 15.3 Å². The van der Waals surface area contributed by atoms with Gasteiger partial charge in [-0.2, -0.15) is 8.42 Å². The number of sulfonamides is 1. The number of aliphatic imine (C=N–C) groups is 1. The largest absolute Gasteiger partial charge is 0.491 e. The Labute approximate surface area is 196 Å². The number of fused-ring (bicyclic) bond motifs is 1. The number of aromatic nitrogens is 1. The molecule has 0 radical (unpaired) electrons. The molecular formula is C21H25N5O5S2. The van der Waals surface area contributed by atoms with Crippen molar-refractivity contribution in [1.29, 1.82) is 0 Å². The molecule has 1 amide bonds. The number of methoxy groups -OCH3 is 1. The number of anilines is 2. The minimum atomic E-state index is -3.91. The molecule has 1 aromatic heterocycles. The molecule has 0 aliphatic carbocycles. The number of hydrogen-bond acceptors (Lipinski definition) is 9. The van der Waals surface area contributed by atoms with Crippen LogP contribution in [-0.4, -0.2) is 69.6 Å².